The summed E-state index contributed by atoms with van der Waals surface area (Å²) in [7, 11) is 1.62. The third kappa shape index (κ3) is 3.63. The van der Waals surface area contributed by atoms with E-state index in [9.17, 15) is 9.59 Å². The Morgan fingerprint density at radius 1 is 1.16 bits per heavy atom. The van der Waals surface area contributed by atoms with Gasteiger partial charge >= 0.3 is 0 Å². The molecule has 0 bridgehead atoms. The van der Waals surface area contributed by atoms with Crippen LogP contribution in [-0.2, 0) is 4.79 Å². The number of carbonyl (C=O) groups excluding carboxylic acids is 2. The molecule has 6 heteroatoms. The van der Waals surface area contributed by atoms with Crippen LogP contribution in [0.2, 0.25) is 0 Å². The predicted octanol–water partition coefficient (Wildman–Crippen LogP) is 1.56. The highest BCUT2D eigenvalue weighted by atomic mass is 16.5. The van der Waals surface area contributed by atoms with Crippen LogP contribution in [0.4, 0.5) is 0 Å². The largest absolute Gasteiger partial charge is 0.496 e. The van der Waals surface area contributed by atoms with E-state index in [0.717, 1.165) is 43.5 Å². The van der Waals surface area contributed by atoms with Crippen molar-refractivity contribution in [3.05, 3.63) is 29.3 Å². The molecule has 0 aliphatic carbocycles. The van der Waals surface area contributed by atoms with Crippen molar-refractivity contribution in [2.45, 2.75) is 44.7 Å². The molecule has 0 spiro atoms. The van der Waals surface area contributed by atoms with Gasteiger partial charge in [0.2, 0.25) is 5.91 Å². The number of nitrogens with two attached hydrogens (primary N) is 1. The van der Waals surface area contributed by atoms with Crippen LogP contribution < -0.4 is 10.5 Å². The van der Waals surface area contributed by atoms with E-state index >= 15 is 0 Å². The normalized spacial score (nSPS) is 22.2. The van der Waals surface area contributed by atoms with Crippen molar-refractivity contribution in [3.63, 3.8) is 0 Å². The van der Waals surface area contributed by atoms with E-state index < -0.39 is 0 Å². The Morgan fingerprint density at radius 2 is 1.88 bits per heavy atom. The van der Waals surface area contributed by atoms with Crippen LogP contribution in [0.3, 0.4) is 0 Å². The summed E-state index contributed by atoms with van der Waals surface area (Å²) in [5.74, 6) is 0.564. The third-order valence-corrected chi connectivity index (χ3v) is 5.50. The quantitative estimate of drug-likeness (QED) is 0.898. The highest BCUT2D eigenvalue weighted by Gasteiger charge is 2.36. The molecule has 2 fully saturated rings. The van der Waals surface area contributed by atoms with Gasteiger partial charge < -0.3 is 15.4 Å². The SMILES string of the molecule is COc1cc(C(=O)N2CCC(N3CCCC3C(N)=O)CC2)ccc1C. The van der Waals surface area contributed by atoms with Gasteiger partial charge in [-0.1, -0.05) is 6.07 Å². The maximum absolute atomic E-state index is 12.8. The summed E-state index contributed by atoms with van der Waals surface area (Å²) in [5, 5.41) is 0. The average molecular weight is 345 g/mol. The molecule has 2 amide bonds. The van der Waals surface area contributed by atoms with Crippen molar-refractivity contribution in [2.24, 2.45) is 5.73 Å². The van der Waals surface area contributed by atoms with Crippen LogP contribution in [0.1, 0.15) is 41.6 Å². The van der Waals surface area contributed by atoms with Crippen molar-refractivity contribution in [2.75, 3.05) is 26.7 Å². The molecule has 6 nitrogen and oxygen atoms in total. The first-order valence-corrected chi connectivity index (χ1v) is 9.00. The highest BCUT2D eigenvalue weighted by Crippen LogP contribution is 2.27. The molecular weight excluding hydrogens is 318 g/mol. The van der Waals surface area contributed by atoms with E-state index in [-0.39, 0.29) is 17.9 Å². The first-order valence-electron chi connectivity index (χ1n) is 9.00. The molecule has 2 aliphatic rings. The number of primary amides is 1. The number of benzene rings is 1. The topological polar surface area (TPSA) is 75.9 Å². The number of ether oxygens (including phenoxy) is 1. The van der Waals surface area contributed by atoms with Crippen LogP contribution in [0, 0.1) is 6.92 Å². The fourth-order valence-electron chi connectivity index (χ4n) is 4.07. The minimum absolute atomic E-state index is 0.0459. The summed E-state index contributed by atoms with van der Waals surface area (Å²) in [6.45, 7) is 4.31. The molecule has 2 N–H and O–H groups in total. The lowest BCUT2D eigenvalue weighted by molar-refractivity contribution is -0.123. The van der Waals surface area contributed by atoms with Gasteiger partial charge in [-0.25, -0.2) is 0 Å². The van der Waals surface area contributed by atoms with Crippen molar-refractivity contribution in [1.82, 2.24) is 9.80 Å². The fraction of sp³-hybridized carbons (Fsp3) is 0.579. The van der Waals surface area contributed by atoms with Crippen LogP contribution in [0.5, 0.6) is 5.75 Å². The molecular formula is C19H27N3O3. The Balaban J connectivity index is 1.62. The lowest BCUT2D eigenvalue weighted by Gasteiger charge is -2.38. The maximum atomic E-state index is 12.8. The first-order chi connectivity index (χ1) is 12.0. The lowest BCUT2D eigenvalue weighted by atomic mass is 10.0. The van der Waals surface area contributed by atoms with Gasteiger partial charge in [0.15, 0.2) is 0 Å². The van der Waals surface area contributed by atoms with E-state index in [1.807, 2.05) is 30.0 Å². The molecule has 1 atom stereocenters. The number of rotatable bonds is 4. The zero-order valence-corrected chi connectivity index (χ0v) is 15.0. The van der Waals surface area contributed by atoms with Gasteiger partial charge in [-0.3, -0.25) is 14.5 Å². The van der Waals surface area contributed by atoms with Crippen LogP contribution in [0.15, 0.2) is 18.2 Å². The Morgan fingerprint density at radius 3 is 2.52 bits per heavy atom. The zero-order valence-electron chi connectivity index (χ0n) is 15.0. The van der Waals surface area contributed by atoms with E-state index in [2.05, 4.69) is 4.90 Å². The van der Waals surface area contributed by atoms with E-state index in [0.29, 0.717) is 24.7 Å². The summed E-state index contributed by atoms with van der Waals surface area (Å²) in [6, 6.07) is 5.80. The number of hydrogen-bond acceptors (Lipinski definition) is 4. The summed E-state index contributed by atoms with van der Waals surface area (Å²) in [6.07, 6.45) is 3.66. The highest BCUT2D eigenvalue weighted by molar-refractivity contribution is 5.94. The number of hydrogen-bond donors (Lipinski definition) is 1. The molecule has 0 saturated carbocycles. The van der Waals surface area contributed by atoms with Gasteiger partial charge in [0.1, 0.15) is 5.75 Å². The maximum Gasteiger partial charge on any atom is 0.253 e. The molecule has 1 aromatic carbocycles. The van der Waals surface area contributed by atoms with Gasteiger partial charge in [0, 0.05) is 24.7 Å². The van der Waals surface area contributed by atoms with Crippen LogP contribution in [-0.4, -0.2) is 60.4 Å². The van der Waals surface area contributed by atoms with Crippen molar-refractivity contribution in [1.29, 1.82) is 0 Å². The van der Waals surface area contributed by atoms with Crippen molar-refractivity contribution >= 4 is 11.8 Å². The first kappa shape index (κ1) is 17.7. The number of methoxy groups -OCH3 is 1. The molecule has 136 valence electrons. The second-order valence-electron chi connectivity index (χ2n) is 7.01. The molecule has 0 radical (unpaired) electrons. The van der Waals surface area contributed by atoms with Crippen LogP contribution in [0.25, 0.3) is 0 Å². The molecule has 1 unspecified atom stereocenters. The summed E-state index contributed by atoms with van der Waals surface area (Å²) >= 11 is 0. The van der Waals surface area contributed by atoms with Crippen LogP contribution >= 0.6 is 0 Å². The molecule has 2 aliphatic heterocycles. The molecule has 2 heterocycles. The summed E-state index contributed by atoms with van der Waals surface area (Å²) in [5.41, 5.74) is 7.21. The summed E-state index contributed by atoms with van der Waals surface area (Å²) < 4.78 is 5.32. The van der Waals surface area contributed by atoms with E-state index in [4.69, 9.17) is 10.5 Å². The zero-order chi connectivity index (χ0) is 18.0. The second-order valence-corrected chi connectivity index (χ2v) is 7.01. The summed E-state index contributed by atoms with van der Waals surface area (Å²) in [4.78, 5) is 28.5. The standard InChI is InChI=1S/C19H27N3O3/c1-13-5-6-14(12-17(13)25-2)19(24)21-10-7-15(8-11-21)22-9-3-4-16(22)18(20)23/h5-6,12,15-16H,3-4,7-11H2,1-2H3,(H2,20,23). The van der Waals surface area contributed by atoms with Crippen molar-refractivity contribution in [3.8, 4) is 5.75 Å². The monoisotopic (exact) mass is 345 g/mol. The third-order valence-electron chi connectivity index (χ3n) is 5.50. The predicted molar refractivity (Wildman–Crippen MR) is 95.6 cm³/mol. The number of aryl methyl sites for hydroxylation is 1. The van der Waals surface area contributed by atoms with E-state index in [1.54, 1.807) is 7.11 Å². The van der Waals surface area contributed by atoms with Gasteiger partial charge in [-0.2, -0.15) is 0 Å². The van der Waals surface area contributed by atoms with Gasteiger partial charge in [-0.15, -0.1) is 0 Å². The van der Waals surface area contributed by atoms with Gasteiger partial charge in [-0.05, 0) is 56.8 Å². The number of amides is 2. The number of nitrogens with zero attached hydrogens (tertiary/aromatic N) is 2. The lowest BCUT2D eigenvalue weighted by Crippen LogP contribution is -2.51. The second kappa shape index (κ2) is 7.44. The van der Waals surface area contributed by atoms with Gasteiger partial charge in [0.25, 0.3) is 5.91 Å². The minimum Gasteiger partial charge on any atom is -0.496 e. The number of carbonyl (C=O) groups is 2. The molecule has 1 aromatic rings. The Bertz CT molecular complexity index is 653. The Kier molecular flexibility index (Phi) is 5.27. The molecule has 25 heavy (non-hydrogen) atoms. The number of likely N-dealkylation sites (tertiary alicyclic amines) is 2. The van der Waals surface area contributed by atoms with Gasteiger partial charge in [0.05, 0.1) is 13.2 Å². The van der Waals surface area contributed by atoms with Crippen molar-refractivity contribution < 1.29 is 14.3 Å². The molecule has 3 rings (SSSR count). The molecule has 0 aromatic heterocycles. The average Bonchev–Trinajstić information content (AvgIpc) is 3.12. The van der Waals surface area contributed by atoms with E-state index in [1.165, 1.54) is 0 Å². The molecule has 2 saturated heterocycles. The minimum atomic E-state index is -0.220. The smallest absolute Gasteiger partial charge is 0.253 e. The fourth-order valence-corrected chi connectivity index (χ4v) is 4.07. The Hall–Kier alpha value is -2.08. The number of piperidine rings is 1. The Labute approximate surface area is 148 Å².